The lowest BCUT2D eigenvalue weighted by Gasteiger charge is -2.11. The molecule has 1 aliphatic carbocycles. The maximum Gasteiger partial charge on any atom is 0.331 e. The van der Waals surface area contributed by atoms with Gasteiger partial charge in [-0.3, -0.25) is 13.9 Å². The molecule has 76 valence electrons. The van der Waals surface area contributed by atoms with Crippen molar-refractivity contribution in [3.63, 3.8) is 0 Å². The number of hydrogen-bond donors (Lipinski definition) is 1. The molecule has 0 aromatic carbocycles. The van der Waals surface area contributed by atoms with Crippen LogP contribution >= 0.6 is 0 Å². The first kappa shape index (κ1) is 9.05. The van der Waals surface area contributed by atoms with Crippen molar-refractivity contribution in [1.82, 2.24) is 9.13 Å². The molecule has 0 spiro atoms. The van der Waals surface area contributed by atoms with E-state index in [1.165, 1.54) is 7.05 Å². The third kappa shape index (κ3) is 1.08. The topological polar surface area (TPSA) is 70.0 Å². The molecule has 5 heteroatoms. The van der Waals surface area contributed by atoms with Crippen LogP contribution in [-0.2, 0) is 7.05 Å². The van der Waals surface area contributed by atoms with Gasteiger partial charge in [0, 0.05) is 18.8 Å². The minimum Gasteiger partial charge on any atom is -0.393 e. The largest absolute Gasteiger partial charge is 0.393 e. The molecule has 0 unspecified atom stereocenters. The summed E-state index contributed by atoms with van der Waals surface area (Å²) in [6.07, 6.45) is 2.00. The van der Waals surface area contributed by atoms with E-state index in [2.05, 4.69) is 0 Å². The van der Waals surface area contributed by atoms with Crippen LogP contribution in [0.5, 0.6) is 0 Å². The molecule has 14 heavy (non-hydrogen) atoms. The van der Waals surface area contributed by atoms with Crippen LogP contribution in [0.3, 0.4) is 0 Å². The van der Waals surface area contributed by atoms with Gasteiger partial charge >= 0.3 is 5.69 Å². The van der Waals surface area contributed by atoms with Gasteiger partial charge < -0.3 is 5.73 Å². The molecule has 5 nitrogen and oxygen atoms in total. The highest BCUT2D eigenvalue weighted by molar-refractivity contribution is 5.40. The summed E-state index contributed by atoms with van der Waals surface area (Å²) < 4.78 is 2.69. The molecule has 1 heterocycles. The maximum absolute atomic E-state index is 11.7. The Balaban J connectivity index is 2.83. The molecule has 1 saturated carbocycles. The Morgan fingerprint density at radius 2 is 1.93 bits per heavy atom. The lowest BCUT2D eigenvalue weighted by Crippen LogP contribution is -2.40. The summed E-state index contributed by atoms with van der Waals surface area (Å²) in [5.74, 6) is 0. The van der Waals surface area contributed by atoms with Gasteiger partial charge in [0.25, 0.3) is 5.56 Å². The molecule has 1 aromatic heterocycles. The molecular formula is C9H13N3O2. The van der Waals surface area contributed by atoms with Gasteiger partial charge in [-0.05, 0) is 19.8 Å². The Bertz CT molecular complexity index is 494. The predicted octanol–water partition coefficient (Wildman–Crippen LogP) is -0.227. The summed E-state index contributed by atoms with van der Waals surface area (Å²) >= 11 is 0. The summed E-state index contributed by atoms with van der Waals surface area (Å²) in [7, 11) is 1.46. The van der Waals surface area contributed by atoms with Crippen molar-refractivity contribution in [3.05, 3.63) is 26.5 Å². The standard InChI is InChI=1S/C9H13N3O2/c1-5-7(10)8(13)11(2)9(14)12(5)6-3-4-6/h6H,3-4,10H2,1-2H3. The molecular weight excluding hydrogens is 182 g/mol. The van der Waals surface area contributed by atoms with Crippen LogP contribution in [0.15, 0.2) is 9.59 Å². The highest BCUT2D eigenvalue weighted by Gasteiger charge is 2.28. The van der Waals surface area contributed by atoms with E-state index in [0.29, 0.717) is 5.69 Å². The number of nitrogens with zero attached hydrogens (tertiary/aromatic N) is 2. The quantitative estimate of drug-likeness (QED) is 0.673. The molecule has 0 atom stereocenters. The summed E-state index contributed by atoms with van der Waals surface area (Å²) in [6.45, 7) is 1.72. The van der Waals surface area contributed by atoms with Crippen molar-refractivity contribution >= 4 is 5.69 Å². The Kier molecular flexibility index (Phi) is 1.77. The molecule has 0 saturated heterocycles. The van der Waals surface area contributed by atoms with Gasteiger partial charge in [-0.15, -0.1) is 0 Å². The van der Waals surface area contributed by atoms with E-state index in [-0.39, 0.29) is 17.4 Å². The fourth-order valence-corrected chi connectivity index (χ4v) is 1.62. The molecule has 2 rings (SSSR count). The Morgan fingerprint density at radius 3 is 2.43 bits per heavy atom. The fraction of sp³-hybridized carbons (Fsp3) is 0.556. The van der Waals surface area contributed by atoms with Crippen molar-refractivity contribution in [2.75, 3.05) is 5.73 Å². The van der Waals surface area contributed by atoms with Gasteiger partial charge in [0.2, 0.25) is 0 Å². The second-order valence-corrected chi connectivity index (χ2v) is 3.75. The van der Waals surface area contributed by atoms with Crippen molar-refractivity contribution in [3.8, 4) is 0 Å². The number of rotatable bonds is 1. The molecule has 2 N–H and O–H groups in total. The highest BCUT2D eigenvalue weighted by Crippen LogP contribution is 2.34. The van der Waals surface area contributed by atoms with E-state index in [4.69, 9.17) is 5.73 Å². The van der Waals surface area contributed by atoms with Crippen LogP contribution in [0.2, 0.25) is 0 Å². The van der Waals surface area contributed by atoms with Gasteiger partial charge in [0.1, 0.15) is 5.69 Å². The lowest BCUT2D eigenvalue weighted by atomic mass is 10.3. The van der Waals surface area contributed by atoms with Gasteiger partial charge in [0.15, 0.2) is 0 Å². The fourth-order valence-electron chi connectivity index (χ4n) is 1.62. The summed E-state index contributed by atoms with van der Waals surface area (Å²) in [6, 6.07) is 0.247. The molecule has 0 amide bonds. The molecule has 0 bridgehead atoms. The van der Waals surface area contributed by atoms with Gasteiger partial charge in [-0.25, -0.2) is 4.79 Å². The zero-order chi connectivity index (χ0) is 10.5. The van der Waals surface area contributed by atoms with Crippen molar-refractivity contribution in [2.45, 2.75) is 25.8 Å². The number of nitrogen functional groups attached to an aromatic ring is 1. The van der Waals surface area contributed by atoms with Gasteiger partial charge in [-0.1, -0.05) is 0 Å². The minimum absolute atomic E-state index is 0.180. The van der Waals surface area contributed by atoms with Crippen LogP contribution in [0, 0.1) is 6.92 Å². The summed E-state index contributed by atoms with van der Waals surface area (Å²) in [4.78, 5) is 23.1. The minimum atomic E-state index is -0.399. The van der Waals surface area contributed by atoms with Gasteiger partial charge in [-0.2, -0.15) is 0 Å². The predicted molar refractivity (Wildman–Crippen MR) is 53.4 cm³/mol. The van der Waals surface area contributed by atoms with Crippen LogP contribution < -0.4 is 17.0 Å². The third-order valence-corrected chi connectivity index (χ3v) is 2.69. The molecule has 1 fully saturated rings. The number of hydrogen-bond acceptors (Lipinski definition) is 3. The monoisotopic (exact) mass is 195 g/mol. The maximum atomic E-state index is 11.7. The Morgan fingerprint density at radius 1 is 1.36 bits per heavy atom. The Hall–Kier alpha value is -1.52. The van der Waals surface area contributed by atoms with Crippen molar-refractivity contribution in [1.29, 1.82) is 0 Å². The molecule has 1 aromatic rings. The molecule has 1 aliphatic rings. The van der Waals surface area contributed by atoms with Crippen LogP contribution in [0.4, 0.5) is 5.69 Å². The van der Waals surface area contributed by atoms with Crippen molar-refractivity contribution in [2.24, 2.45) is 7.05 Å². The molecule has 0 radical (unpaired) electrons. The van der Waals surface area contributed by atoms with E-state index >= 15 is 0 Å². The van der Waals surface area contributed by atoms with Crippen molar-refractivity contribution < 1.29 is 0 Å². The van der Waals surface area contributed by atoms with E-state index in [1.807, 2.05) is 0 Å². The SMILES string of the molecule is Cc1c(N)c(=O)n(C)c(=O)n1C1CC1. The van der Waals surface area contributed by atoms with Crippen LogP contribution in [0.25, 0.3) is 0 Å². The lowest BCUT2D eigenvalue weighted by molar-refractivity contribution is 0.602. The molecule has 0 aliphatic heterocycles. The Labute approximate surface area is 80.8 Å². The van der Waals surface area contributed by atoms with Crippen LogP contribution in [-0.4, -0.2) is 9.13 Å². The van der Waals surface area contributed by atoms with Gasteiger partial charge in [0.05, 0.1) is 0 Å². The first-order valence-corrected chi connectivity index (χ1v) is 4.61. The second kappa shape index (κ2) is 2.73. The van der Waals surface area contributed by atoms with E-state index in [9.17, 15) is 9.59 Å². The van der Waals surface area contributed by atoms with E-state index in [1.54, 1.807) is 11.5 Å². The first-order valence-electron chi connectivity index (χ1n) is 4.61. The third-order valence-electron chi connectivity index (χ3n) is 2.69. The number of nitrogens with two attached hydrogens (primary N) is 1. The second-order valence-electron chi connectivity index (χ2n) is 3.75. The highest BCUT2D eigenvalue weighted by atomic mass is 16.2. The van der Waals surface area contributed by atoms with Crippen LogP contribution in [0.1, 0.15) is 24.6 Å². The zero-order valence-corrected chi connectivity index (χ0v) is 8.28. The summed E-state index contributed by atoms with van der Waals surface area (Å²) in [5, 5.41) is 0. The van der Waals surface area contributed by atoms with E-state index in [0.717, 1.165) is 17.4 Å². The summed E-state index contributed by atoms with van der Waals surface area (Å²) in [5.41, 5.74) is 5.74. The first-order chi connectivity index (χ1) is 6.54. The normalized spacial score (nSPS) is 15.9. The average Bonchev–Trinajstić information content (AvgIpc) is 2.96. The average molecular weight is 195 g/mol. The number of anilines is 1. The number of aromatic nitrogens is 2. The smallest absolute Gasteiger partial charge is 0.331 e. The van der Waals surface area contributed by atoms with E-state index < -0.39 is 5.56 Å². The zero-order valence-electron chi connectivity index (χ0n) is 8.28.